The Bertz CT molecular complexity index is 970. The summed E-state index contributed by atoms with van der Waals surface area (Å²) in [6.07, 6.45) is 2.84. The van der Waals surface area contributed by atoms with E-state index in [1.165, 1.54) is 43.0 Å². The quantitative estimate of drug-likeness (QED) is 0.591. The largest absolute Gasteiger partial charge is 0.485 e. The fraction of sp³-hybridized carbons (Fsp3) is 0.158. The van der Waals surface area contributed by atoms with Crippen LogP contribution in [0.1, 0.15) is 15.9 Å². The van der Waals surface area contributed by atoms with Crippen molar-refractivity contribution in [2.75, 3.05) is 17.2 Å². The van der Waals surface area contributed by atoms with Crippen molar-refractivity contribution in [3.63, 3.8) is 0 Å². The number of nitrogens with one attached hydrogen (secondary N) is 2. The standard InChI is InChI=1S/C19H16F3N5O2/c20-8-12-1-2-17(25-9-12)27-18-7-13(3-6-24-18)19(28)26-14-10-23-5-4-15(14)29-11-16(21)22/h1-7,9-10,16H,8,11H2,(H,26,28)(H,24,25,27). The van der Waals surface area contributed by atoms with Gasteiger partial charge in [-0.3, -0.25) is 9.78 Å². The number of ether oxygens (including phenoxy) is 1. The third-order valence-electron chi connectivity index (χ3n) is 3.65. The van der Waals surface area contributed by atoms with Crippen LogP contribution in [0.15, 0.2) is 55.1 Å². The van der Waals surface area contributed by atoms with E-state index >= 15 is 0 Å². The Hall–Kier alpha value is -3.69. The number of nitrogens with zero attached hydrogens (tertiary/aromatic N) is 3. The number of pyridine rings is 3. The molecule has 0 aliphatic carbocycles. The highest BCUT2D eigenvalue weighted by Crippen LogP contribution is 2.24. The summed E-state index contributed by atoms with van der Waals surface area (Å²) in [6.45, 7) is -1.41. The predicted molar refractivity (Wildman–Crippen MR) is 100 cm³/mol. The maximum Gasteiger partial charge on any atom is 0.272 e. The zero-order chi connectivity index (χ0) is 20.6. The van der Waals surface area contributed by atoms with Crippen molar-refractivity contribution < 1.29 is 22.7 Å². The van der Waals surface area contributed by atoms with Crippen molar-refractivity contribution in [1.82, 2.24) is 15.0 Å². The van der Waals surface area contributed by atoms with Crippen LogP contribution in [0.4, 0.5) is 30.5 Å². The van der Waals surface area contributed by atoms with Gasteiger partial charge in [0.05, 0.1) is 6.20 Å². The molecule has 2 N–H and O–H groups in total. The molecule has 1 amide bonds. The van der Waals surface area contributed by atoms with Gasteiger partial charge in [0.2, 0.25) is 0 Å². The Morgan fingerprint density at radius 3 is 2.66 bits per heavy atom. The molecule has 3 aromatic heterocycles. The van der Waals surface area contributed by atoms with E-state index < -0.39 is 25.6 Å². The summed E-state index contributed by atoms with van der Waals surface area (Å²) in [7, 11) is 0. The van der Waals surface area contributed by atoms with Crippen molar-refractivity contribution in [3.8, 4) is 5.75 Å². The first-order valence-corrected chi connectivity index (χ1v) is 8.45. The van der Waals surface area contributed by atoms with E-state index in [1.807, 2.05) is 0 Å². The molecule has 0 aliphatic rings. The highest BCUT2D eigenvalue weighted by atomic mass is 19.3. The molecule has 0 aliphatic heterocycles. The molecule has 0 aromatic carbocycles. The first-order chi connectivity index (χ1) is 14.0. The predicted octanol–water partition coefficient (Wildman–Crippen LogP) is 3.98. The lowest BCUT2D eigenvalue weighted by atomic mass is 10.2. The monoisotopic (exact) mass is 403 g/mol. The molecule has 0 radical (unpaired) electrons. The zero-order valence-corrected chi connectivity index (χ0v) is 15.0. The summed E-state index contributed by atoms with van der Waals surface area (Å²) in [5.41, 5.74) is 0.859. The Kier molecular flexibility index (Phi) is 6.56. The van der Waals surface area contributed by atoms with E-state index in [0.717, 1.165) is 0 Å². The maximum atomic E-state index is 12.6. The molecule has 7 nitrogen and oxygen atoms in total. The third kappa shape index (κ3) is 5.64. The molecule has 3 aromatic rings. The Balaban J connectivity index is 1.71. The van der Waals surface area contributed by atoms with Crippen LogP contribution < -0.4 is 15.4 Å². The molecule has 0 bridgehead atoms. The minimum absolute atomic E-state index is 0.0817. The lowest BCUT2D eigenvalue weighted by molar-refractivity contribution is 0.0821. The highest BCUT2D eigenvalue weighted by molar-refractivity contribution is 6.05. The van der Waals surface area contributed by atoms with Gasteiger partial charge in [-0.25, -0.2) is 23.1 Å². The van der Waals surface area contributed by atoms with Gasteiger partial charge in [-0.15, -0.1) is 0 Å². The topological polar surface area (TPSA) is 89.0 Å². The Morgan fingerprint density at radius 1 is 1.07 bits per heavy atom. The number of carbonyl (C=O) groups is 1. The smallest absolute Gasteiger partial charge is 0.272 e. The first-order valence-electron chi connectivity index (χ1n) is 8.45. The molecular weight excluding hydrogens is 387 g/mol. The van der Waals surface area contributed by atoms with E-state index in [1.54, 1.807) is 12.1 Å². The number of hydrogen-bond acceptors (Lipinski definition) is 6. The number of alkyl halides is 3. The summed E-state index contributed by atoms with van der Waals surface area (Å²) in [5.74, 6) is 0.352. The maximum absolute atomic E-state index is 12.6. The normalized spacial score (nSPS) is 10.6. The van der Waals surface area contributed by atoms with Gasteiger partial charge in [0.15, 0.2) is 0 Å². The molecule has 0 fully saturated rings. The lowest BCUT2D eigenvalue weighted by Gasteiger charge is -2.12. The zero-order valence-electron chi connectivity index (χ0n) is 15.0. The van der Waals surface area contributed by atoms with Crippen LogP contribution in [0.5, 0.6) is 5.75 Å². The van der Waals surface area contributed by atoms with Crippen LogP contribution in [-0.2, 0) is 6.67 Å². The van der Waals surface area contributed by atoms with Crippen molar-refractivity contribution in [2.24, 2.45) is 0 Å². The van der Waals surface area contributed by atoms with Gasteiger partial charge >= 0.3 is 0 Å². The number of carbonyl (C=O) groups excluding carboxylic acids is 1. The molecule has 29 heavy (non-hydrogen) atoms. The average molecular weight is 403 g/mol. The van der Waals surface area contributed by atoms with Crippen LogP contribution in [0.3, 0.4) is 0 Å². The average Bonchev–Trinajstić information content (AvgIpc) is 2.74. The third-order valence-corrected chi connectivity index (χ3v) is 3.65. The summed E-state index contributed by atoms with van der Waals surface area (Å²) < 4.78 is 42.3. The molecule has 0 saturated heterocycles. The van der Waals surface area contributed by atoms with Crippen LogP contribution in [0, 0.1) is 0 Å². The van der Waals surface area contributed by atoms with Gasteiger partial charge in [0.25, 0.3) is 12.3 Å². The van der Waals surface area contributed by atoms with Crippen LogP contribution in [0.25, 0.3) is 0 Å². The van der Waals surface area contributed by atoms with Crippen molar-refractivity contribution >= 4 is 23.2 Å². The molecule has 0 saturated carbocycles. The number of rotatable bonds is 8. The molecule has 150 valence electrons. The van der Waals surface area contributed by atoms with E-state index in [0.29, 0.717) is 17.2 Å². The minimum atomic E-state index is -2.65. The van der Waals surface area contributed by atoms with E-state index in [4.69, 9.17) is 4.74 Å². The second-order valence-corrected chi connectivity index (χ2v) is 5.77. The van der Waals surface area contributed by atoms with Gasteiger partial charge in [-0.2, -0.15) is 0 Å². The second kappa shape index (κ2) is 9.49. The van der Waals surface area contributed by atoms with Gasteiger partial charge in [0.1, 0.15) is 36.4 Å². The fourth-order valence-electron chi connectivity index (χ4n) is 2.30. The van der Waals surface area contributed by atoms with Crippen molar-refractivity contribution in [1.29, 1.82) is 0 Å². The molecule has 0 atom stereocenters. The SMILES string of the molecule is O=C(Nc1cnccc1OCC(F)F)c1ccnc(Nc2ccc(CF)cn2)c1. The van der Waals surface area contributed by atoms with E-state index in [9.17, 15) is 18.0 Å². The molecule has 0 spiro atoms. The number of halogens is 3. The summed E-state index contributed by atoms with van der Waals surface area (Å²) in [6, 6.07) is 7.51. The van der Waals surface area contributed by atoms with E-state index in [-0.39, 0.29) is 17.0 Å². The van der Waals surface area contributed by atoms with Crippen LogP contribution in [-0.4, -0.2) is 33.9 Å². The van der Waals surface area contributed by atoms with Gasteiger partial charge in [0, 0.05) is 35.8 Å². The molecular formula is C19H16F3N5O2. The second-order valence-electron chi connectivity index (χ2n) is 5.77. The van der Waals surface area contributed by atoms with Gasteiger partial charge < -0.3 is 15.4 Å². The first kappa shape index (κ1) is 20.1. The summed E-state index contributed by atoms with van der Waals surface area (Å²) in [5, 5.41) is 5.49. The fourth-order valence-corrected chi connectivity index (χ4v) is 2.30. The molecule has 0 unspecified atom stereocenters. The highest BCUT2D eigenvalue weighted by Gasteiger charge is 2.13. The van der Waals surface area contributed by atoms with Crippen molar-refractivity contribution in [2.45, 2.75) is 13.1 Å². The molecule has 10 heteroatoms. The van der Waals surface area contributed by atoms with E-state index in [2.05, 4.69) is 25.6 Å². The summed E-state index contributed by atoms with van der Waals surface area (Å²) >= 11 is 0. The minimum Gasteiger partial charge on any atom is -0.485 e. The van der Waals surface area contributed by atoms with Crippen LogP contribution >= 0.6 is 0 Å². The number of aromatic nitrogens is 3. The number of anilines is 3. The van der Waals surface area contributed by atoms with Crippen molar-refractivity contribution in [3.05, 3.63) is 66.2 Å². The Labute approximate surface area is 164 Å². The Morgan fingerprint density at radius 2 is 1.93 bits per heavy atom. The number of amides is 1. The van der Waals surface area contributed by atoms with Gasteiger partial charge in [-0.05, 0) is 18.2 Å². The molecule has 3 heterocycles. The summed E-state index contributed by atoms with van der Waals surface area (Å²) in [4.78, 5) is 24.6. The molecule has 3 rings (SSSR count). The van der Waals surface area contributed by atoms with Crippen LogP contribution in [0.2, 0.25) is 0 Å². The number of hydrogen-bond donors (Lipinski definition) is 2. The lowest BCUT2D eigenvalue weighted by Crippen LogP contribution is -2.15. The van der Waals surface area contributed by atoms with Gasteiger partial charge in [-0.1, -0.05) is 6.07 Å².